The van der Waals surface area contributed by atoms with Crippen LogP contribution in [0.5, 0.6) is 0 Å². The number of H-pyrrole nitrogens is 1. The fourth-order valence-corrected chi connectivity index (χ4v) is 3.79. The number of likely N-dealkylation sites (tertiary alicyclic amines) is 1. The Kier molecular flexibility index (Phi) is 6.95. The molecule has 0 radical (unpaired) electrons. The standard InChI is InChI=1S/C21H27F3N4O/c1-15-16(8-6-9-17(15)21(22,23)24)18-14-19(27-26-18)25-20(29)10-7-13-28-11-4-2-3-5-12-28/h6,8-9,14H,2-5,7,10-13H2,1H3,(H2,25,26,27,29). The van der Waals surface area contributed by atoms with E-state index in [2.05, 4.69) is 20.4 Å². The molecular formula is C21H27F3N4O. The number of carbonyl (C=O) groups excluding carboxylic acids is 1. The van der Waals surface area contributed by atoms with E-state index in [0.717, 1.165) is 32.1 Å². The number of hydrogen-bond acceptors (Lipinski definition) is 3. The third-order valence-corrected chi connectivity index (χ3v) is 5.35. The molecule has 3 rings (SSSR count). The van der Waals surface area contributed by atoms with Crippen LogP contribution in [0.3, 0.4) is 0 Å². The van der Waals surface area contributed by atoms with Gasteiger partial charge in [0.1, 0.15) is 0 Å². The molecule has 0 spiro atoms. The predicted octanol–water partition coefficient (Wildman–Crippen LogP) is 5.00. The SMILES string of the molecule is Cc1c(-c2cc(NC(=O)CCCN3CCCCCC3)n[nH]2)cccc1C(F)(F)F. The number of nitrogens with zero attached hydrogens (tertiary/aromatic N) is 2. The van der Waals surface area contributed by atoms with Crippen LogP contribution in [0, 0.1) is 6.92 Å². The first kappa shape index (κ1) is 21.4. The van der Waals surface area contributed by atoms with Crippen molar-refractivity contribution in [2.24, 2.45) is 0 Å². The van der Waals surface area contributed by atoms with Gasteiger partial charge in [0.2, 0.25) is 5.91 Å². The molecule has 29 heavy (non-hydrogen) atoms. The van der Waals surface area contributed by atoms with Crippen molar-refractivity contribution in [2.75, 3.05) is 25.0 Å². The lowest BCUT2D eigenvalue weighted by Crippen LogP contribution is -2.26. The fourth-order valence-electron chi connectivity index (χ4n) is 3.79. The van der Waals surface area contributed by atoms with Crippen LogP contribution in [0.15, 0.2) is 24.3 Å². The van der Waals surface area contributed by atoms with Gasteiger partial charge in [-0.05, 0) is 57.5 Å². The van der Waals surface area contributed by atoms with Gasteiger partial charge in [-0.3, -0.25) is 9.89 Å². The number of aromatic nitrogens is 2. The minimum absolute atomic E-state index is 0.124. The second-order valence-electron chi connectivity index (χ2n) is 7.55. The van der Waals surface area contributed by atoms with Gasteiger partial charge in [-0.15, -0.1) is 0 Å². The maximum atomic E-state index is 13.1. The van der Waals surface area contributed by atoms with E-state index in [1.54, 1.807) is 12.1 Å². The van der Waals surface area contributed by atoms with Gasteiger partial charge in [-0.25, -0.2) is 0 Å². The summed E-state index contributed by atoms with van der Waals surface area (Å²) in [5.41, 5.74) is 0.296. The molecular weight excluding hydrogens is 381 g/mol. The van der Waals surface area contributed by atoms with Crippen molar-refractivity contribution in [3.05, 3.63) is 35.4 Å². The van der Waals surface area contributed by atoms with Gasteiger partial charge in [0.15, 0.2) is 5.82 Å². The maximum Gasteiger partial charge on any atom is 0.416 e. The molecule has 1 fully saturated rings. The highest BCUT2D eigenvalue weighted by Gasteiger charge is 2.33. The van der Waals surface area contributed by atoms with E-state index in [9.17, 15) is 18.0 Å². The largest absolute Gasteiger partial charge is 0.416 e. The lowest BCUT2D eigenvalue weighted by Gasteiger charge is -2.19. The molecule has 1 aromatic carbocycles. The number of amides is 1. The Morgan fingerprint density at radius 3 is 2.62 bits per heavy atom. The van der Waals surface area contributed by atoms with Crippen LogP contribution in [-0.4, -0.2) is 40.6 Å². The molecule has 1 aliphatic heterocycles. The number of nitrogens with one attached hydrogen (secondary N) is 2. The average Bonchev–Trinajstić information content (AvgIpc) is 2.95. The first-order valence-corrected chi connectivity index (χ1v) is 10.1. The zero-order valence-electron chi connectivity index (χ0n) is 16.6. The summed E-state index contributed by atoms with van der Waals surface area (Å²) < 4.78 is 39.3. The maximum absolute atomic E-state index is 13.1. The highest BCUT2D eigenvalue weighted by atomic mass is 19.4. The van der Waals surface area contributed by atoms with Gasteiger partial charge >= 0.3 is 6.18 Å². The second kappa shape index (κ2) is 9.43. The Morgan fingerprint density at radius 1 is 1.21 bits per heavy atom. The van der Waals surface area contributed by atoms with E-state index in [1.165, 1.54) is 38.7 Å². The van der Waals surface area contributed by atoms with Crippen molar-refractivity contribution < 1.29 is 18.0 Å². The molecule has 2 N–H and O–H groups in total. The smallest absolute Gasteiger partial charge is 0.309 e. The molecule has 0 aliphatic carbocycles. The normalized spacial score (nSPS) is 15.9. The summed E-state index contributed by atoms with van der Waals surface area (Å²) in [6.45, 7) is 4.53. The molecule has 0 atom stereocenters. The number of carbonyl (C=O) groups is 1. The van der Waals surface area contributed by atoms with Crippen LogP contribution in [0.2, 0.25) is 0 Å². The Hall–Kier alpha value is -2.35. The van der Waals surface area contributed by atoms with Crippen LogP contribution in [0.25, 0.3) is 11.3 Å². The van der Waals surface area contributed by atoms with Crippen molar-refractivity contribution in [3.8, 4) is 11.3 Å². The number of rotatable bonds is 6. The van der Waals surface area contributed by atoms with Gasteiger partial charge in [0, 0.05) is 18.1 Å². The molecule has 0 bridgehead atoms. The lowest BCUT2D eigenvalue weighted by molar-refractivity contribution is -0.138. The van der Waals surface area contributed by atoms with E-state index < -0.39 is 11.7 Å². The van der Waals surface area contributed by atoms with Gasteiger partial charge < -0.3 is 10.2 Å². The number of aromatic amines is 1. The summed E-state index contributed by atoms with van der Waals surface area (Å²) >= 11 is 0. The number of benzene rings is 1. The summed E-state index contributed by atoms with van der Waals surface area (Å²) in [4.78, 5) is 14.6. The highest BCUT2D eigenvalue weighted by Crippen LogP contribution is 2.36. The molecule has 2 aromatic rings. The molecule has 8 heteroatoms. The van der Waals surface area contributed by atoms with E-state index in [1.807, 2.05) is 0 Å². The van der Waals surface area contributed by atoms with Crippen molar-refractivity contribution in [1.29, 1.82) is 0 Å². The van der Waals surface area contributed by atoms with Crippen LogP contribution in [0.4, 0.5) is 19.0 Å². The number of alkyl halides is 3. The van der Waals surface area contributed by atoms with Crippen LogP contribution >= 0.6 is 0 Å². The topological polar surface area (TPSA) is 61.0 Å². The molecule has 0 saturated carbocycles. The summed E-state index contributed by atoms with van der Waals surface area (Å²) in [6, 6.07) is 5.59. The zero-order chi connectivity index (χ0) is 20.9. The molecule has 158 valence electrons. The molecule has 1 amide bonds. The quantitative estimate of drug-likeness (QED) is 0.707. The summed E-state index contributed by atoms with van der Waals surface area (Å²) in [7, 11) is 0. The first-order chi connectivity index (χ1) is 13.8. The summed E-state index contributed by atoms with van der Waals surface area (Å²) in [5, 5.41) is 9.47. The minimum Gasteiger partial charge on any atom is -0.309 e. The molecule has 5 nitrogen and oxygen atoms in total. The van der Waals surface area contributed by atoms with Crippen molar-refractivity contribution >= 4 is 11.7 Å². The monoisotopic (exact) mass is 408 g/mol. The average molecular weight is 408 g/mol. The van der Waals surface area contributed by atoms with Crippen LogP contribution in [-0.2, 0) is 11.0 Å². The Labute approximate surface area is 168 Å². The van der Waals surface area contributed by atoms with Crippen molar-refractivity contribution in [2.45, 2.75) is 51.6 Å². The van der Waals surface area contributed by atoms with E-state index in [4.69, 9.17) is 0 Å². The first-order valence-electron chi connectivity index (χ1n) is 10.1. The highest BCUT2D eigenvalue weighted by molar-refractivity contribution is 5.90. The second-order valence-corrected chi connectivity index (χ2v) is 7.55. The fraction of sp³-hybridized carbons (Fsp3) is 0.524. The van der Waals surface area contributed by atoms with E-state index in [0.29, 0.717) is 23.5 Å². The lowest BCUT2D eigenvalue weighted by atomic mass is 10.00. The third kappa shape index (κ3) is 5.82. The van der Waals surface area contributed by atoms with Gasteiger partial charge in [0.05, 0.1) is 11.3 Å². The van der Waals surface area contributed by atoms with Gasteiger partial charge in [0.25, 0.3) is 0 Å². The van der Waals surface area contributed by atoms with Crippen LogP contribution < -0.4 is 5.32 Å². The molecule has 1 saturated heterocycles. The van der Waals surface area contributed by atoms with Crippen LogP contribution in [0.1, 0.15) is 49.7 Å². The minimum atomic E-state index is -4.41. The number of halogens is 3. The number of anilines is 1. The molecule has 0 unspecified atom stereocenters. The number of hydrogen-bond donors (Lipinski definition) is 2. The Balaban J connectivity index is 1.56. The molecule has 1 aromatic heterocycles. The zero-order valence-corrected chi connectivity index (χ0v) is 16.6. The van der Waals surface area contributed by atoms with E-state index in [-0.39, 0.29) is 11.5 Å². The Morgan fingerprint density at radius 2 is 1.93 bits per heavy atom. The summed E-state index contributed by atoms with van der Waals surface area (Å²) in [5.74, 6) is 0.176. The third-order valence-electron chi connectivity index (χ3n) is 5.35. The van der Waals surface area contributed by atoms with E-state index >= 15 is 0 Å². The van der Waals surface area contributed by atoms with Gasteiger partial charge in [-0.2, -0.15) is 18.3 Å². The summed E-state index contributed by atoms with van der Waals surface area (Å²) in [6.07, 6.45) is 1.75. The molecule has 2 heterocycles. The molecule has 1 aliphatic rings. The van der Waals surface area contributed by atoms with Crippen molar-refractivity contribution in [1.82, 2.24) is 15.1 Å². The Bertz CT molecular complexity index is 824. The van der Waals surface area contributed by atoms with Gasteiger partial charge in [-0.1, -0.05) is 25.0 Å². The predicted molar refractivity (Wildman–Crippen MR) is 107 cm³/mol. The van der Waals surface area contributed by atoms with Crippen molar-refractivity contribution in [3.63, 3.8) is 0 Å².